The van der Waals surface area contributed by atoms with Crippen molar-refractivity contribution in [3.63, 3.8) is 0 Å². The summed E-state index contributed by atoms with van der Waals surface area (Å²) < 4.78 is 1.88. The fourth-order valence-corrected chi connectivity index (χ4v) is 3.93. The largest absolute Gasteiger partial charge is 0.323 e. The molecule has 1 amide bonds. The molecule has 4 nitrogen and oxygen atoms in total. The quantitative estimate of drug-likeness (QED) is 0.591. The van der Waals surface area contributed by atoms with Gasteiger partial charge in [-0.1, -0.05) is 59.6 Å². The first kappa shape index (κ1) is 19.0. The van der Waals surface area contributed by atoms with Gasteiger partial charge < -0.3 is 5.32 Å². The van der Waals surface area contributed by atoms with E-state index in [9.17, 15) is 4.79 Å². The summed E-state index contributed by atoms with van der Waals surface area (Å²) in [5, 5.41) is 8.75. The number of anilines is 1. The molecule has 6 heteroatoms. The molecule has 1 aliphatic rings. The molecule has 2 unspecified atom stereocenters. The van der Waals surface area contributed by atoms with Crippen molar-refractivity contribution in [3.8, 4) is 0 Å². The smallest absolute Gasteiger partial charge is 0.228 e. The van der Waals surface area contributed by atoms with Gasteiger partial charge in [-0.2, -0.15) is 5.10 Å². The van der Waals surface area contributed by atoms with Gasteiger partial charge in [0.1, 0.15) is 0 Å². The lowest BCUT2D eigenvalue weighted by molar-refractivity contribution is -0.117. The summed E-state index contributed by atoms with van der Waals surface area (Å²) in [6.45, 7) is 4.44. The predicted molar refractivity (Wildman–Crippen MR) is 113 cm³/mol. The Bertz CT molecular complexity index is 1030. The van der Waals surface area contributed by atoms with Crippen LogP contribution in [0.5, 0.6) is 0 Å². The number of carbonyl (C=O) groups excluding carboxylic acids is 1. The third-order valence-corrected chi connectivity index (χ3v) is 6.04. The predicted octanol–water partition coefficient (Wildman–Crippen LogP) is 5.60. The highest BCUT2D eigenvalue weighted by Crippen LogP contribution is 2.48. The zero-order valence-electron chi connectivity index (χ0n) is 15.7. The van der Waals surface area contributed by atoms with Crippen LogP contribution in [0.3, 0.4) is 0 Å². The highest BCUT2D eigenvalue weighted by molar-refractivity contribution is 6.42. The van der Waals surface area contributed by atoms with Crippen molar-refractivity contribution in [2.45, 2.75) is 32.7 Å². The van der Waals surface area contributed by atoms with Gasteiger partial charge in [-0.25, -0.2) is 0 Å². The maximum absolute atomic E-state index is 12.7. The van der Waals surface area contributed by atoms with Crippen molar-refractivity contribution in [1.29, 1.82) is 0 Å². The molecular formula is C22H21Cl2N3O. The van der Waals surface area contributed by atoms with E-state index in [-0.39, 0.29) is 11.8 Å². The van der Waals surface area contributed by atoms with E-state index >= 15 is 0 Å². The summed E-state index contributed by atoms with van der Waals surface area (Å²) in [5.74, 6) is 0.404. The van der Waals surface area contributed by atoms with Crippen LogP contribution < -0.4 is 5.32 Å². The first-order valence-corrected chi connectivity index (χ1v) is 10.0. The zero-order chi connectivity index (χ0) is 19.8. The number of carbonyl (C=O) groups is 1. The van der Waals surface area contributed by atoms with E-state index in [0.29, 0.717) is 22.5 Å². The van der Waals surface area contributed by atoms with Gasteiger partial charge in [-0.15, -0.1) is 0 Å². The van der Waals surface area contributed by atoms with Crippen LogP contribution >= 0.6 is 23.2 Å². The minimum Gasteiger partial charge on any atom is -0.323 e. The molecule has 1 aliphatic carbocycles. The molecule has 1 saturated carbocycles. The summed E-state index contributed by atoms with van der Waals surface area (Å²) in [6.07, 6.45) is 0.894. The van der Waals surface area contributed by atoms with Gasteiger partial charge in [0.2, 0.25) is 5.91 Å². The van der Waals surface area contributed by atoms with Gasteiger partial charge in [0.15, 0.2) is 0 Å². The number of amides is 1. The SMILES string of the molecule is Cc1nn(Cc2ccc(Cl)c(Cl)c2)c(C)c1NC(=O)C1CC1c1ccccc1. The summed E-state index contributed by atoms with van der Waals surface area (Å²) in [7, 11) is 0. The summed E-state index contributed by atoms with van der Waals surface area (Å²) in [6, 6.07) is 15.8. The number of nitrogens with zero attached hydrogens (tertiary/aromatic N) is 2. The van der Waals surface area contributed by atoms with E-state index in [2.05, 4.69) is 22.5 Å². The molecule has 2 aromatic carbocycles. The van der Waals surface area contributed by atoms with Crippen molar-refractivity contribution >= 4 is 34.8 Å². The molecule has 1 aromatic heterocycles. The van der Waals surface area contributed by atoms with E-state index < -0.39 is 0 Å². The lowest BCUT2D eigenvalue weighted by Crippen LogP contribution is -2.16. The molecule has 1 heterocycles. The Morgan fingerprint density at radius 2 is 1.89 bits per heavy atom. The highest BCUT2D eigenvalue weighted by atomic mass is 35.5. The van der Waals surface area contributed by atoms with E-state index in [1.165, 1.54) is 5.56 Å². The zero-order valence-corrected chi connectivity index (χ0v) is 17.3. The number of hydrogen-bond acceptors (Lipinski definition) is 2. The maximum Gasteiger partial charge on any atom is 0.228 e. The average molecular weight is 414 g/mol. The standard InChI is InChI=1S/C22H21Cl2N3O/c1-13-21(25-22(28)18-11-17(18)16-6-4-3-5-7-16)14(2)27(26-13)12-15-8-9-19(23)20(24)10-15/h3-10,17-18H,11-12H2,1-2H3,(H,25,28). The molecule has 0 bridgehead atoms. The first-order chi connectivity index (χ1) is 13.4. The molecule has 2 atom stereocenters. The van der Waals surface area contributed by atoms with E-state index in [1.54, 1.807) is 6.07 Å². The lowest BCUT2D eigenvalue weighted by Gasteiger charge is -2.08. The van der Waals surface area contributed by atoms with Crippen molar-refractivity contribution in [1.82, 2.24) is 9.78 Å². The maximum atomic E-state index is 12.7. The molecule has 0 aliphatic heterocycles. The number of aromatic nitrogens is 2. The Kier molecular flexibility index (Phi) is 5.17. The number of hydrogen-bond donors (Lipinski definition) is 1. The normalized spacial score (nSPS) is 18.1. The second-order valence-corrected chi connectivity index (χ2v) is 8.11. The van der Waals surface area contributed by atoms with Crippen LogP contribution in [-0.4, -0.2) is 15.7 Å². The number of nitrogens with one attached hydrogen (secondary N) is 1. The molecule has 3 aromatic rings. The third kappa shape index (κ3) is 3.80. The van der Waals surface area contributed by atoms with Gasteiger partial charge in [0, 0.05) is 5.92 Å². The molecule has 144 valence electrons. The molecule has 28 heavy (non-hydrogen) atoms. The minimum absolute atomic E-state index is 0.0274. The number of halogens is 2. The van der Waals surface area contributed by atoms with Crippen LogP contribution in [0.4, 0.5) is 5.69 Å². The first-order valence-electron chi connectivity index (χ1n) is 9.27. The van der Waals surface area contributed by atoms with Gasteiger partial charge in [-0.3, -0.25) is 9.48 Å². The van der Waals surface area contributed by atoms with Gasteiger partial charge in [-0.05, 0) is 49.4 Å². The highest BCUT2D eigenvalue weighted by Gasteiger charge is 2.44. The number of benzene rings is 2. The topological polar surface area (TPSA) is 46.9 Å². The summed E-state index contributed by atoms with van der Waals surface area (Å²) in [5.41, 5.74) is 4.76. The minimum atomic E-state index is 0.0274. The Balaban J connectivity index is 1.47. The third-order valence-electron chi connectivity index (χ3n) is 5.30. The second kappa shape index (κ2) is 7.61. The van der Waals surface area contributed by atoms with E-state index in [4.69, 9.17) is 23.2 Å². The Morgan fingerprint density at radius 3 is 2.61 bits per heavy atom. The molecule has 1 N–H and O–H groups in total. The van der Waals surface area contributed by atoms with Crippen LogP contribution in [0.2, 0.25) is 10.0 Å². The van der Waals surface area contributed by atoms with Crippen LogP contribution in [0, 0.1) is 19.8 Å². The van der Waals surface area contributed by atoms with Crippen molar-refractivity contribution in [2.75, 3.05) is 5.32 Å². The summed E-state index contributed by atoms with van der Waals surface area (Å²) >= 11 is 12.1. The van der Waals surface area contributed by atoms with Gasteiger partial charge >= 0.3 is 0 Å². The monoisotopic (exact) mass is 413 g/mol. The second-order valence-electron chi connectivity index (χ2n) is 7.30. The molecule has 0 radical (unpaired) electrons. The Labute approximate surface area is 174 Å². The van der Waals surface area contributed by atoms with Crippen LogP contribution in [0.15, 0.2) is 48.5 Å². The lowest BCUT2D eigenvalue weighted by atomic mass is 10.1. The van der Waals surface area contributed by atoms with E-state index in [0.717, 1.165) is 29.1 Å². The van der Waals surface area contributed by atoms with Gasteiger partial charge in [0.05, 0.1) is 33.7 Å². The van der Waals surface area contributed by atoms with Crippen LogP contribution in [0.1, 0.15) is 34.9 Å². The van der Waals surface area contributed by atoms with E-state index in [1.807, 2.05) is 48.9 Å². The van der Waals surface area contributed by atoms with Crippen molar-refractivity contribution in [3.05, 3.63) is 81.1 Å². The Morgan fingerprint density at radius 1 is 1.14 bits per heavy atom. The molecule has 0 spiro atoms. The molecular weight excluding hydrogens is 393 g/mol. The van der Waals surface area contributed by atoms with Crippen LogP contribution in [-0.2, 0) is 11.3 Å². The molecule has 4 rings (SSSR count). The summed E-state index contributed by atoms with van der Waals surface area (Å²) in [4.78, 5) is 12.7. The van der Waals surface area contributed by atoms with Gasteiger partial charge in [0.25, 0.3) is 0 Å². The Hall–Kier alpha value is -2.30. The fraction of sp³-hybridized carbons (Fsp3) is 0.273. The average Bonchev–Trinajstić information content (AvgIpc) is 3.45. The number of aryl methyl sites for hydroxylation is 1. The number of rotatable bonds is 5. The van der Waals surface area contributed by atoms with Crippen molar-refractivity contribution < 1.29 is 4.79 Å². The molecule has 1 fully saturated rings. The molecule has 0 saturated heterocycles. The van der Waals surface area contributed by atoms with Crippen LogP contribution in [0.25, 0.3) is 0 Å². The van der Waals surface area contributed by atoms with Crippen molar-refractivity contribution in [2.24, 2.45) is 5.92 Å². The fourth-order valence-electron chi connectivity index (χ4n) is 3.61.